The van der Waals surface area contributed by atoms with Crippen LogP contribution in [-0.2, 0) is 5.54 Å². The molecule has 2 nitrogen and oxygen atoms in total. The molecule has 1 unspecified atom stereocenters. The van der Waals surface area contributed by atoms with E-state index in [2.05, 4.69) is 61.3 Å². The molecule has 0 radical (unpaired) electrons. The third kappa shape index (κ3) is 4.05. The zero-order chi connectivity index (χ0) is 13.7. The fraction of sp³-hybridized carbons (Fsp3) is 0.647. The third-order valence-electron chi connectivity index (χ3n) is 4.14. The summed E-state index contributed by atoms with van der Waals surface area (Å²) in [5, 5.41) is 3.75. The van der Waals surface area contributed by atoms with Gasteiger partial charge in [0.2, 0.25) is 0 Å². The zero-order valence-corrected chi connectivity index (χ0v) is 12.7. The molecule has 2 heteroatoms. The summed E-state index contributed by atoms with van der Waals surface area (Å²) in [6.45, 7) is 11.6. The Balaban J connectivity index is 2.07. The number of hydrogen-bond acceptors (Lipinski definition) is 2. The summed E-state index contributed by atoms with van der Waals surface area (Å²) >= 11 is 0. The summed E-state index contributed by atoms with van der Waals surface area (Å²) < 4.78 is 0. The van der Waals surface area contributed by atoms with Gasteiger partial charge in [-0.1, -0.05) is 44.2 Å². The van der Waals surface area contributed by atoms with Crippen LogP contribution < -0.4 is 5.32 Å². The fourth-order valence-corrected chi connectivity index (χ4v) is 2.88. The van der Waals surface area contributed by atoms with Gasteiger partial charge in [-0.15, -0.1) is 0 Å². The van der Waals surface area contributed by atoms with Crippen molar-refractivity contribution in [2.45, 2.75) is 39.2 Å². The maximum atomic E-state index is 3.75. The fourth-order valence-electron chi connectivity index (χ4n) is 2.88. The molecule has 1 fully saturated rings. The Morgan fingerprint density at radius 1 is 1.26 bits per heavy atom. The van der Waals surface area contributed by atoms with Gasteiger partial charge in [0.1, 0.15) is 0 Å². The first-order valence-electron chi connectivity index (χ1n) is 7.63. The number of hydrogen-bond donors (Lipinski definition) is 1. The molecular formula is C17H28N2. The minimum absolute atomic E-state index is 0.0920. The van der Waals surface area contributed by atoms with E-state index in [9.17, 15) is 0 Å². The molecule has 19 heavy (non-hydrogen) atoms. The van der Waals surface area contributed by atoms with Gasteiger partial charge in [-0.05, 0) is 50.9 Å². The highest BCUT2D eigenvalue weighted by Gasteiger charge is 2.30. The van der Waals surface area contributed by atoms with E-state index in [1.165, 1.54) is 31.5 Å². The van der Waals surface area contributed by atoms with Crippen LogP contribution in [0.15, 0.2) is 30.3 Å². The van der Waals surface area contributed by atoms with E-state index >= 15 is 0 Å². The lowest BCUT2D eigenvalue weighted by Gasteiger charge is -2.34. The van der Waals surface area contributed by atoms with Crippen molar-refractivity contribution in [2.24, 2.45) is 5.92 Å². The summed E-state index contributed by atoms with van der Waals surface area (Å²) in [4.78, 5) is 2.63. The zero-order valence-electron chi connectivity index (χ0n) is 12.7. The van der Waals surface area contributed by atoms with E-state index < -0.39 is 0 Å². The molecule has 0 saturated carbocycles. The van der Waals surface area contributed by atoms with Gasteiger partial charge in [-0.2, -0.15) is 0 Å². The largest absolute Gasteiger partial charge is 0.307 e. The minimum Gasteiger partial charge on any atom is -0.307 e. The summed E-state index contributed by atoms with van der Waals surface area (Å²) in [6, 6.07) is 10.9. The maximum absolute atomic E-state index is 3.75. The van der Waals surface area contributed by atoms with Crippen LogP contribution >= 0.6 is 0 Å². The van der Waals surface area contributed by atoms with E-state index in [0.29, 0.717) is 0 Å². The first-order chi connectivity index (χ1) is 9.10. The smallest absolute Gasteiger partial charge is 0.0534 e. The molecule has 2 rings (SSSR count). The van der Waals surface area contributed by atoms with Gasteiger partial charge in [0.25, 0.3) is 0 Å². The first-order valence-corrected chi connectivity index (χ1v) is 7.63. The molecule has 0 spiro atoms. The predicted octanol–water partition coefficient (Wildman–Crippen LogP) is 3.24. The highest BCUT2D eigenvalue weighted by atomic mass is 15.2. The van der Waals surface area contributed by atoms with Gasteiger partial charge in [-0.25, -0.2) is 0 Å². The molecule has 1 aliphatic rings. The Labute approximate surface area is 118 Å². The van der Waals surface area contributed by atoms with E-state index in [0.717, 1.165) is 19.0 Å². The molecule has 0 aromatic heterocycles. The summed E-state index contributed by atoms with van der Waals surface area (Å²) in [6.07, 6.45) is 2.55. The van der Waals surface area contributed by atoms with Gasteiger partial charge in [0, 0.05) is 6.54 Å². The van der Waals surface area contributed by atoms with Crippen molar-refractivity contribution in [1.82, 2.24) is 10.2 Å². The van der Waals surface area contributed by atoms with Gasteiger partial charge >= 0.3 is 0 Å². The van der Waals surface area contributed by atoms with Crippen LogP contribution in [-0.4, -0.2) is 31.1 Å². The Kier molecular flexibility index (Phi) is 5.00. The lowest BCUT2D eigenvalue weighted by molar-refractivity contribution is 0.211. The normalized spacial score (nSPS) is 25.5. The van der Waals surface area contributed by atoms with Crippen molar-refractivity contribution >= 4 is 0 Å². The highest BCUT2D eigenvalue weighted by molar-refractivity contribution is 5.24. The van der Waals surface area contributed by atoms with Crippen molar-refractivity contribution in [3.63, 3.8) is 0 Å². The van der Waals surface area contributed by atoms with Gasteiger partial charge in [-0.3, -0.25) is 0 Å². The molecule has 1 atom stereocenters. The van der Waals surface area contributed by atoms with Crippen molar-refractivity contribution in [1.29, 1.82) is 0 Å². The van der Waals surface area contributed by atoms with Crippen molar-refractivity contribution in [3.05, 3.63) is 35.9 Å². The second kappa shape index (κ2) is 6.53. The Hall–Kier alpha value is -0.860. The van der Waals surface area contributed by atoms with Crippen LogP contribution in [0.25, 0.3) is 0 Å². The molecule has 1 N–H and O–H groups in total. The molecule has 0 aliphatic carbocycles. The molecule has 1 aliphatic heterocycles. The Morgan fingerprint density at radius 3 is 2.68 bits per heavy atom. The lowest BCUT2D eigenvalue weighted by atomic mass is 9.91. The predicted molar refractivity (Wildman–Crippen MR) is 82.3 cm³/mol. The molecular weight excluding hydrogens is 232 g/mol. The van der Waals surface area contributed by atoms with Crippen molar-refractivity contribution < 1.29 is 0 Å². The lowest BCUT2D eigenvalue weighted by Crippen LogP contribution is -2.46. The third-order valence-corrected chi connectivity index (χ3v) is 4.14. The number of nitrogens with one attached hydrogen (secondary N) is 1. The second-order valence-electron chi connectivity index (χ2n) is 6.44. The topological polar surface area (TPSA) is 15.3 Å². The second-order valence-corrected chi connectivity index (χ2v) is 6.44. The van der Waals surface area contributed by atoms with Crippen LogP contribution in [0.4, 0.5) is 0 Å². The number of nitrogens with zero attached hydrogens (tertiary/aromatic N) is 1. The highest BCUT2D eigenvalue weighted by Crippen LogP contribution is 2.24. The number of rotatable bonds is 4. The van der Waals surface area contributed by atoms with Gasteiger partial charge < -0.3 is 10.2 Å². The first kappa shape index (κ1) is 14.5. The number of benzene rings is 1. The summed E-state index contributed by atoms with van der Waals surface area (Å²) in [5.41, 5.74) is 1.50. The van der Waals surface area contributed by atoms with Crippen LogP contribution in [0.3, 0.4) is 0 Å². The van der Waals surface area contributed by atoms with E-state index in [1.807, 2.05) is 0 Å². The van der Waals surface area contributed by atoms with E-state index in [-0.39, 0.29) is 5.54 Å². The monoisotopic (exact) mass is 260 g/mol. The van der Waals surface area contributed by atoms with Gasteiger partial charge in [0.15, 0.2) is 0 Å². The van der Waals surface area contributed by atoms with Crippen LogP contribution in [0.1, 0.15) is 39.2 Å². The average molecular weight is 260 g/mol. The van der Waals surface area contributed by atoms with Crippen LogP contribution in [0, 0.1) is 5.92 Å². The Morgan fingerprint density at radius 2 is 2.00 bits per heavy atom. The minimum atomic E-state index is 0.0920. The molecule has 1 aromatic rings. The van der Waals surface area contributed by atoms with Crippen molar-refractivity contribution in [3.8, 4) is 0 Å². The SMILES string of the molecule is CC(C)CCN1CCCNC(C)(c2ccccc2)C1. The van der Waals surface area contributed by atoms with E-state index in [4.69, 9.17) is 0 Å². The molecule has 106 valence electrons. The quantitative estimate of drug-likeness (QED) is 0.894. The molecule has 0 amide bonds. The van der Waals surface area contributed by atoms with Crippen LogP contribution in [0.5, 0.6) is 0 Å². The van der Waals surface area contributed by atoms with E-state index in [1.54, 1.807) is 0 Å². The molecule has 1 heterocycles. The standard InChI is InChI=1S/C17H28N2/c1-15(2)10-13-19-12-7-11-18-17(3,14-19)16-8-5-4-6-9-16/h4-6,8-9,15,18H,7,10-14H2,1-3H3. The molecule has 0 bridgehead atoms. The van der Waals surface area contributed by atoms with Crippen molar-refractivity contribution in [2.75, 3.05) is 26.2 Å². The summed E-state index contributed by atoms with van der Waals surface area (Å²) in [5.74, 6) is 0.791. The van der Waals surface area contributed by atoms with Crippen LogP contribution in [0.2, 0.25) is 0 Å². The maximum Gasteiger partial charge on any atom is 0.0534 e. The Bertz CT molecular complexity index is 374. The molecule has 1 aromatic carbocycles. The van der Waals surface area contributed by atoms with Gasteiger partial charge in [0.05, 0.1) is 5.54 Å². The summed E-state index contributed by atoms with van der Waals surface area (Å²) in [7, 11) is 0. The molecule has 1 saturated heterocycles. The average Bonchev–Trinajstić information content (AvgIpc) is 2.60.